The second kappa shape index (κ2) is 5.21. The Hall–Kier alpha value is -1.83. The minimum atomic E-state index is -1.30. The van der Waals surface area contributed by atoms with Crippen molar-refractivity contribution in [3.05, 3.63) is 20.7 Å². The van der Waals surface area contributed by atoms with E-state index in [1.54, 1.807) is 5.38 Å². The molecule has 0 atom stereocenters. The van der Waals surface area contributed by atoms with E-state index in [0.29, 0.717) is 5.69 Å². The van der Waals surface area contributed by atoms with Crippen LogP contribution in [-0.2, 0) is 11.3 Å². The molecule has 0 bridgehead atoms. The number of hydrogen-bond donors (Lipinski definition) is 3. The normalized spacial score (nSPS) is 11.1. The molecule has 0 saturated heterocycles. The van der Waals surface area contributed by atoms with Crippen molar-refractivity contribution in [2.75, 3.05) is 7.05 Å². The zero-order valence-corrected chi connectivity index (χ0v) is 11.1. The lowest BCUT2D eigenvalue weighted by Crippen LogP contribution is -2.53. The maximum atomic E-state index is 11.7. The van der Waals surface area contributed by atoms with E-state index in [2.05, 4.69) is 10.3 Å². The molecule has 1 aromatic rings. The summed E-state index contributed by atoms with van der Waals surface area (Å²) in [7, 11) is 1.40. The van der Waals surface area contributed by atoms with Crippen LogP contribution in [0.5, 0.6) is 0 Å². The number of H-pyrrole nitrogens is 1. The number of nitrogens with one attached hydrogen (secondary N) is 2. The average molecular weight is 273 g/mol. The lowest BCUT2D eigenvalue weighted by molar-refractivity contribution is -0.146. The molecule has 0 spiro atoms. The van der Waals surface area contributed by atoms with Gasteiger partial charge in [-0.2, -0.15) is 0 Å². The summed E-state index contributed by atoms with van der Waals surface area (Å²) in [6.45, 7) is 3.01. The molecule has 18 heavy (non-hydrogen) atoms. The number of amides is 2. The van der Waals surface area contributed by atoms with Gasteiger partial charge in [0.25, 0.3) is 0 Å². The first kappa shape index (κ1) is 14.2. The number of carbonyl (C=O) groups is 2. The van der Waals surface area contributed by atoms with Gasteiger partial charge in [-0.3, -0.25) is 4.79 Å². The van der Waals surface area contributed by atoms with Crippen molar-refractivity contribution in [3.8, 4) is 0 Å². The lowest BCUT2D eigenvalue weighted by Gasteiger charge is -2.31. The Morgan fingerprint density at radius 1 is 1.56 bits per heavy atom. The highest BCUT2D eigenvalue weighted by molar-refractivity contribution is 7.07. The van der Waals surface area contributed by atoms with Crippen LogP contribution < -0.4 is 10.2 Å². The second-order valence-electron chi connectivity index (χ2n) is 4.26. The van der Waals surface area contributed by atoms with Gasteiger partial charge >= 0.3 is 16.9 Å². The summed E-state index contributed by atoms with van der Waals surface area (Å²) in [5.74, 6) is -1.09. The number of carbonyl (C=O) groups excluding carboxylic acids is 1. The number of carboxylic acids is 1. The van der Waals surface area contributed by atoms with E-state index in [1.165, 1.54) is 20.9 Å². The molecule has 0 fully saturated rings. The van der Waals surface area contributed by atoms with Gasteiger partial charge in [0.15, 0.2) is 0 Å². The molecular formula is C10H15N3O4S. The fraction of sp³-hybridized carbons (Fsp3) is 0.500. The predicted octanol–water partition coefficient (Wildman–Crippen LogP) is 0.441. The number of nitrogens with zero attached hydrogens (tertiary/aromatic N) is 1. The minimum Gasteiger partial charge on any atom is -0.480 e. The zero-order valence-electron chi connectivity index (χ0n) is 10.3. The van der Waals surface area contributed by atoms with Gasteiger partial charge in [-0.05, 0) is 13.8 Å². The smallest absolute Gasteiger partial charge is 0.329 e. The van der Waals surface area contributed by atoms with Gasteiger partial charge in [-0.1, -0.05) is 11.3 Å². The molecule has 1 rings (SSSR count). The van der Waals surface area contributed by atoms with Crippen LogP contribution in [0.1, 0.15) is 19.5 Å². The molecule has 0 aromatic carbocycles. The fourth-order valence-corrected chi connectivity index (χ4v) is 1.67. The number of carboxylic acid groups (broad SMARTS) is 1. The van der Waals surface area contributed by atoms with Crippen molar-refractivity contribution in [2.24, 2.45) is 0 Å². The van der Waals surface area contributed by atoms with Crippen molar-refractivity contribution in [2.45, 2.75) is 25.9 Å². The van der Waals surface area contributed by atoms with E-state index in [1.807, 2.05) is 0 Å². The lowest BCUT2D eigenvalue weighted by atomic mass is 10.1. The van der Waals surface area contributed by atoms with Gasteiger partial charge in [-0.15, -0.1) is 0 Å². The molecule has 7 nitrogen and oxygen atoms in total. The number of aromatic nitrogens is 1. The quantitative estimate of drug-likeness (QED) is 0.740. The molecule has 0 aliphatic carbocycles. The average Bonchev–Trinajstić information content (AvgIpc) is 2.70. The monoisotopic (exact) mass is 273 g/mol. The van der Waals surface area contributed by atoms with Crippen LogP contribution in [0.25, 0.3) is 0 Å². The van der Waals surface area contributed by atoms with Gasteiger partial charge < -0.3 is 20.3 Å². The second-order valence-corrected chi connectivity index (χ2v) is 5.10. The molecule has 0 aliphatic rings. The minimum absolute atomic E-state index is 0.150. The van der Waals surface area contributed by atoms with Gasteiger partial charge in [0.05, 0.1) is 6.54 Å². The van der Waals surface area contributed by atoms with Crippen LogP contribution >= 0.6 is 11.3 Å². The predicted molar refractivity (Wildman–Crippen MR) is 66.7 cm³/mol. The summed E-state index contributed by atoms with van der Waals surface area (Å²) >= 11 is 1.00. The van der Waals surface area contributed by atoms with Crippen LogP contribution in [0.4, 0.5) is 4.79 Å². The highest BCUT2D eigenvalue weighted by Gasteiger charge is 2.35. The van der Waals surface area contributed by atoms with Crippen molar-refractivity contribution < 1.29 is 14.7 Å². The Kier molecular flexibility index (Phi) is 4.12. The summed E-state index contributed by atoms with van der Waals surface area (Å²) in [4.78, 5) is 37.0. The van der Waals surface area contributed by atoms with Crippen LogP contribution in [0.3, 0.4) is 0 Å². The summed E-state index contributed by atoms with van der Waals surface area (Å²) in [5, 5.41) is 13.1. The van der Waals surface area contributed by atoms with Crippen molar-refractivity contribution >= 4 is 23.3 Å². The van der Waals surface area contributed by atoms with E-state index >= 15 is 0 Å². The Morgan fingerprint density at radius 2 is 2.17 bits per heavy atom. The first-order chi connectivity index (χ1) is 8.25. The molecule has 0 radical (unpaired) electrons. The number of urea groups is 1. The van der Waals surface area contributed by atoms with Gasteiger partial charge in [0, 0.05) is 18.1 Å². The molecule has 0 aliphatic heterocycles. The van der Waals surface area contributed by atoms with E-state index in [-0.39, 0.29) is 11.4 Å². The van der Waals surface area contributed by atoms with Crippen molar-refractivity contribution in [1.29, 1.82) is 0 Å². The fourth-order valence-electron chi connectivity index (χ4n) is 1.09. The zero-order chi connectivity index (χ0) is 13.9. The highest BCUT2D eigenvalue weighted by Crippen LogP contribution is 2.12. The van der Waals surface area contributed by atoms with E-state index in [0.717, 1.165) is 16.2 Å². The van der Waals surface area contributed by atoms with Crippen LogP contribution in [-0.4, -0.2) is 39.6 Å². The summed E-state index contributed by atoms with van der Waals surface area (Å²) in [6.07, 6.45) is 0. The third kappa shape index (κ3) is 3.10. The summed E-state index contributed by atoms with van der Waals surface area (Å²) < 4.78 is 0. The Morgan fingerprint density at radius 3 is 2.61 bits per heavy atom. The first-order valence-electron chi connectivity index (χ1n) is 5.17. The summed E-state index contributed by atoms with van der Waals surface area (Å²) in [5.41, 5.74) is -0.716. The molecule has 100 valence electrons. The molecule has 1 heterocycles. The number of rotatable bonds is 4. The number of hydrogen-bond acceptors (Lipinski definition) is 4. The SMILES string of the molecule is CN(C(=O)NCc1csc(=O)[nH]1)C(C)(C)C(=O)O. The molecule has 0 saturated carbocycles. The highest BCUT2D eigenvalue weighted by atomic mass is 32.1. The Bertz CT molecular complexity index is 505. The van der Waals surface area contributed by atoms with E-state index < -0.39 is 17.5 Å². The van der Waals surface area contributed by atoms with Gasteiger partial charge in [0.1, 0.15) is 5.54 Å². The van der Waals surface area contributed by atoms with Crippen LogP contribution in [0, 0.1) is 0 Å². The van der Waals surface area contributed by atoms with Gasteiger partial charge in [-0.25, -0.2) is 9.59 Å². The number of aromatic amines is 1. The number of thiazole rings is 1. The molecule has 2 amide bonds. The molecule has 1 aromatic heterocycles. The van der Waals surface area contributed by atoms with Crippen molar-refractivity contribution in [3.63, 3.8) is 0 Å². The maximum absolute atomic E-state index is 11.7. The first-order valence-corrected chi connectivity index (χ1v) is 6.05. The topological polar surface area (TPSA) is 103 Å². The Balaban J connectivity index is 2.61. The van der Waals surface area contributed by atoms with Crippen molar-refractivity contribution in [1.82, 2.24) is 15.2 Å². The molecule has 8 heteroatoms. The standard InChI is InChI=1S/C10H15N3O4S/c1-10(2,7(14)15)13(3)8(16)11-4-6-5-18-9(17)12-6/h5H,4H2,1-3H3,(H,11,16)(H,12,17)(H,14,15). The van der Waals surface area contributed by atoms with E-state index in [9.17, 15) is 14.4 Å². The Labute approximate surface area is 107 Å². The molecule has 3 N–H and O–H groups in total. The third-order valence-corrected chi connectivity index (χ3v) is 3.39. The molecule has 0 unspecified atom stereocenters. The summed E-state index contributed by atoms with van der Waals surface area (Å²) in [6, 6.07) is -0.519. The number of likely N-dealkylation sites (N-methyl/N-ethyl adjacent to an activating group) is 1. The van der Waals surface area contributed by atoms with Gasteiger partial charge in [0.2, 0.25) is 0 Å². The largest absolute Gasteiger partial charge is 0.480 e. The third-order valence-electron chi connectivity index (χ3n) is 2.67. The van der Waals surface area contributed by atoms with Crippen LogP contribution in [0.2, 0.25) is 0 Å². The number of aliphatic carboxylic acids is 1. The molecular weight excluding hydrogens is 258 g/mol. The van der Waals surface area contributed by atoms with Crippen LogP contribution in [0.15, 0.2) is 10.2 Å². The van der Waals surface area contributed by atoms with E-state index in [4.69, 9.17) is 5.11 Å². The maximum Gasteiger partial charge on any atom is 0.329 e.